The van der Waals surface area contributed by atoms with Gasteiger partial charge in [0, 0.05) is 5.39 Å². The first-order valence-corrected chi connectivity index (χ1v) is 8.95. The van der Waals surface area contributed by atoms with Gasteiger partial charge in [0.2, 0.25) is 0 Å². The van der Waals surface area contributed by atoms with E-state index in [0.717, 1.165) is 26.9 Å². The molecule has 0 radical (unpaired) electrons. The number of thiazole rings is 1. The highest BCUT2D eigenvalue weighted by Gasteiger charge is 2.14. The lowest BCUT2D eigenvalue weighted by molar-refractivity contribution is 0.102. The van der Waals surface area contributed by atoms with E-state index < -0.39 is 0 Å². The first-order valence-electron chi connectivity index (χ1n) is 7.76. The number of ether oxygens (including phenoxy) is 1. The first-order chi connectivity index (χ1) is 12.1. The number of rotatable bonds is 4. The van der Waals surface area contributed by atoms with Gasteiger partial charge in [0.15, 0.2) is 5.13 Å². The minimum absolute atomic E-state index is 0.253. The molecule has 2 heterocycles. The Morgan fingerprint density at radius 2 is 2.20 bits per heavy atom. The fourth-order valence-electron chi connectivity index (χ4n) is 2.62. The highest BCUT2D eigenvalue weighted by atomic mass is 35.5. The zero-order valence-electron chi connectivity index (χ0n) is 13.3. The molecule has 0 aliphatic rings. The number of aromatic nitrogens is 2. The van der Waals surface area contributed by atoms with Gasteiger partial charge in [-0.2, -0.15) is 0 Å². The molecule has 2 aromatic carbocycles. The fraction of sp³-hybridized carbons (Fsp3) is 0.111. The van der Waals surface area contributed by atoms with Gasteiger partial charge >= 0.3 is 0 Å². The first kappa shape index (κ1) is 15.9. The number of fused-ring (bicyclic) bond motifs is 2. The van der Waals surface area contributed by atoms with Crippen molar-refractivity contribution in [2.45, 2.75) is 6.92 Å². The number of nitrogens with one attached hydrogen (secondary N) is 2. The van der Waals surface area contributed by atoms with Gasteiger partial charge in [0.05, 0.1) is 27.4 Å². The van der Waals surface area contributed by atoms with Crippen molar-refractivity contribution in [2.75, 3.05) is 11.9 Å². The molecule has 0 saturated heterocycles. The minimum atomic E-state index is -0.253. The predicted molar refractivity (Wildman–Crippen MR) is 102 cm³/mol. The average Bonchev–Trinajstić information content (AvgIpc) is 3.19. The molecule has 0 fully saturated rings. The summed E-state index contributed by atoms with van der Waals surface area (Å²) in [7, 11) is 0. The van der Waals surface area contributed by atoms with Gasteiger partial charge in [-0.25, -0.2) is 4.98 Å². The molecule has 7 heteroatoms. The Kier molecular flexibility index (Phi) is 4.07. The third-order valence-corrected chi connectivity index (χ3v) is 4.99. The number of carbonyl (C=O) groups excluding carboxylic acids is 1. The van der Waals surface area contributed by atoms with Crippen LogP contribution in [0.5, 0.6) is 5.75 Å². The molecule has 0 unspecified atom stereocenters. The summed E-state index contributed by atoms with van der Waals surface area (Å²) < 4.78 is 6.45. The van der Waals surface area contributed by atoms with Crippen molar-refractivity contribution in [3.63, 3.8) is 0 Å². The fourth-order valence-corrected chi connectivity index (χ4v) is 3.74. The molecule has 1 amide bonds. The Morgan fingerprint density at radius 1 is 1.32 bits per heavy atom. The van der Waals surface area contributed by atoms with Crippen molar-refractivity contribution in [1.82, 2.24) is 9.97 Å². The summed E-state index contributed by atoms with van der Waals surface area (Å²) in [6.45, 7) is 2.55. The van der Waals surface area contributed by atoms with Gasteiger partial charge in [-0.15, -0.1) is 0 Å². The maximum absolute atomic E-state index is 12.5. The molecular weight excluding hydrogens is 358 g/mol. The third-order valence-electron chi connectivity index (χ3n) is 3.74. The molecule has 4 rings (SSSR count). The van der Waals surface area contributed by atoms with Crippen molar-refractivity contribution in [3.05, 3.63) is 53.2 Å². The van der Waals surface area contributed by atoms with E-state index in [1.807, 2.05) is 37.3 Å². The van der Waals surface area contributed by atoms with Crippen LogP contribution in [0.15, 0.2) is 42.5 Å². The van der Waals surface area contributed by atoms with E-state index in [1.54, 1.807) is 12.1 Å². The van der Waals surface area contributed by atoms with E-state index in [-0.39, 0.29) is 5.91 Å². The van der Waals surface area contributed by atoms with Crippen LogP contribution in [0.25, 0.3) is 21.1 Å². The lowest BCUT2D eigenvalue weighted by Crippen LogP contribution is -2.11. The Bertz CT molecular complexity index is 1090. The number of carbonyl (C=O) groups is 1. The van der Waals surface area contributed by atoms with Crippen LogP contribution in [0.3, 0.4) is 0 Å². The molecule has 126 valence electrons. The number of amides is 1. The zero-order valence-corrected chi connectivity index (χ0v) is 14.9. The number of H-pyrrole nitrogens is 1. The topological polar surface area (TPSA) is 67.0 Å². The average molecular weight is 372 g/mol. The normalized spacial score (nSPS) is 11.1. The number of halogens is 1. The molecule has 0 spiro atoms. The second-order valence-corrected chi connectivity index (χ2v) is 6.86. The number of anilines is 1. The molecule has 4 aromatic rings. The molecule has 2 N–H and O–H groups in total. The second-order valence-electron chi connectivity index (χ2n) is 5.42. The Morgan fingerprint density at radius 3 is 3.00 bits per heavy atom. The Hall–Kier alpha value is -2.57. The number of aromatic amines is 1. The van der Waals surface area contributed by atoms with Crippen LogP contribution in [0.2, 0.25) is 5.02 Å². The SMILES string of the molecule is CCOc1ccc2nc(NC(=O)c3cc4cccc(Cl)c4[nH]3)sc2c1. The smallest absolute Gasteiger partial charge is 0.273 e. The van der Waals surface area contributed by atoms with Gasteiger partial charge < -0.3 is 9.72 Å². The highest BCUT2D eigenvalue weighted by Crippen LogP contribution is 2.30. The lowest BCUT2D eigenvalue weighted by Gasteiger charge is -2.00. The molecule has 5 nitrogen and oxygen atoms in total. The highest BCUT2D eigenvalue weighted by molar-refractivity contribution is 7.22. The van der Waals surface area contributed by atoms with Crippen molar-refractivity contribution < 1.29 is 9.53 Å². The van der Waals surface area contributed by atoms with Crippen LogP contribution in [0.1, 0.15) is 17.4 Å². The van der Waals surface area contributed by atoms with Gasteiger partial charge in [0.25, 0.3) is 5.91 Å². The van der Waals surface area contributed by atoms with E-state index in [4.69, 9.17) is 16.3 Å². The largest absolute Gasteiger partial charge is 0.494 e. The predicted octanol–water partition coefficient (Wildman–Crippen LogP) is 5.08. The van der Waals surface area contributed by atoms with Crippen LogP contribution >= 0.6 is 22.9 Å². The third kappa shape index (κ3) is 3.06. The molecular formula is C18H14ClN3O2S. The summed E-state index contributed by atoms with van der Waals surface area (Å²) in [5, 5.41) is 4.85. The second kappa shape index (κ2) is 6.38. The number of benzene rings is 2. The van der Waals surface area contributed by atoms with E-state index in [0.29, 0.717) is 22.5 Å². The van der Waals surface area contributed by atoms with Gasteiger partial charge in [-0.05, 0) is 37.3 Å². The lowest BCUT2D eigenvalue weighted by atomic mass is 10.2. The van der Waals surface area contributed by atoms with Crippen LogP contribution < -0.4 is 10.1 Å². The van der Waals surface area contributed by atoms with E-state index >= 15 is 0 Å². The monoisotopic (exact) mass is 371 g/mol. The standard InChI is InChI=1S/C18H14ClN3O2S/c1-2-24-11-6-7-13-15(9-11)25-18(21-13)22-17(23)14-8-10-4-3-5-12(19)16(10)20-14/h3-9,20H,2H2,1H3,(H,21,22,23). The molecule has 0 atom stereocenters. The van der Waals surface area contributed by atoms with Gasteiger partial charge in [-0.3, -0.25) is 10.1 Å². The van der Waals surface area contributed by atoms with Crippen molar-refractivity contribution >= 4 is 55.1 Å². The molecule has 0 aliphatic heterocycles. The molecule has 25 heavy (non-hydrogen) atoms. The number of para-hydroxylation sites is 1. The Labute approximate surface area is 152 Å². The van der Waals surface area contributed by atoms with Crippen LogP contribution in [0.4, 0.5) is 5.13 Å². The van der Waals surface area contributed by atoms with Crippen LogP contribution in [0, 0.1) is 0 Å². The van der Waals surface area contributed by atoms with E-state index in [9.17, 15) is 4.79 Å². The van der Waals surface area contributed by atoms with Gasteiger partial charge in [-0.1, -0.05) is 35.1 Å². The summed E-state index contributed by atoms with van der Waals surface area (Å²) in [4.78, 5) is 20.0. The minimum Gasteiger partial charge on any atom is -0.494 e. The van der Waals surface area contributed by atoms with Crippen molar-refractivity contribution in [3.8, 4) is 5.75 Å². The summed E-state index contributed by atoms with van der Waals surface area (Å²) in [5.74, 6) is 0.540. The van der Waals surface area contributed by atoms with E-state index in [1.165, 1.54) is 11.3 Å². The quantitative estimate of drug-likeness (QED) is 0.525. The number of hydrogen-bond acceptors (Lipinski definition) is 4. The maximum atomic E-state index is 12.5. The van der Waals surface area contributed by atoms with Crippen LogP contribution in [-0.2, 0) is 0 Å². The summed E-state index contributed by atoms with van der Waals surface area (Å²) >= 11 is 7.55. The van der Waals surface area contributed by atoms with Crippen LogP contribution in [-0.4, -0.2) is 22.5 Å². The van der Waals surface area contributed by atoms with Crippen molar-refractivity contribution in [2.24, 2.45) is 0 Å². The van der Waals surface area contributed by atoms with Crippen molar-refractivity contribution in [1.29, 1.82) is 0 Å². The molecule has 2 aromatic heterocycles. The summed E-state index contributed by atoms with van der Waals surface area (Å²) in [5.41, 5.74) is 2.01. The zero-order chi connectivity index (χ0) is 17.4. The molecule has 0 bridgehead atoms. The van der Waals surface area contributed by atoms with Gasteiger partial charge in [0.1, 0.15) is 11.4 Å². The number of hydrogen-bond donors (Lipinski definition) is 2. The summed E-state index contributed by atoms with van der Waals surface area (Å²) in [6, 6.07) is 13.0. The maximum Gasteiger partial charge on any atom is 0.273 e. The molecule has 0 saturated carbocycles. The number of nitrogens with zero attached hydrogens (tertiary/aromatic N) is 1. The summed E-state index contributed by atoms with van der Waals surface area (Å²) in [6.07, 6.45) is 0. The van der Waals surface area contributed by atoms with E-state index in [2.05, 4.69) is 15.3 Å². The molecule has 0 aliphatic carbocycles. The Balaban J connectivity index is 1.61.